The van der Waals surface area contributed by atoms with Crippen molar-refractivity contribution in [3.8, 4) is 17.0 Å². The zero-order valence-electron chi connectivity index (χ0n) is 12.9. The van der Waals surface area contributed by atoms with E-state index < -0.39 is 0 Å². The number of hydrogen-bond acceptors (Lipinski definition) is 6. The van der Waals surface area contributed by atoms with Gasteiger partial charge in [0.15, 0.2) is 0 Å². The Labute approximate surface area is 129 Å². The van der Waals surface area contributed by atoms with Crippen LogP contribution < -0.4 is 15.4 Å². The molecule has 1 aliphatic rings. The van der Waals surface area contributed by atoms with Crippen molar-refractivity contribution >= 4 is 11.8 Å². The minimum Gasteiger partial charge on any atom is -0.496 e. The molecule has 1 fully saturated rings. The Hall–Kier alpha value is -2.34. The molecule has 0 atom stereocenters. The third-order valence-corrected chi connectivity index (χ3v) is 3.76. The Balaban J connectivity index is 1.96. The SMILES string of the molecule is COc1ccc(-c2cc(N3CCOCC3)nc(N)n2)cc1C. The molecule has 2 heterocycles. The Bertz CT molecular complexity index is 669. The third kappa shape index (κ3) is 2.96. The van der Waals surface area contributed by atoms with Gasteiger partial charge in [-0.1, -0.05) is 0 Å². The van der Waals surface area contributed by atoms with Gasteiger partial charge in [0, 0.05) is 24.7 Å². The molecule has 0 bridgehead atoms. The van der Waals surface area contributed by atoms with E-state index in [4.69, 9.17) is 15.2 Å². The van der Waals surface area contributed by atoms with Crippen LogP contribution >= 0.6 is 0 Å². The van der Waals surface area contributed by atoms with E-state index in [0.29, 0.717) is 13.2 Å². The average Bonchev–Trinajstić information content (AvgIpc) is 2.55. The van der Waals surface area contributed by atoms with Crippen LogP contribution in [0.1, 0.15) is 5.56 Å². The Morgan fingerprint density at radius 2 is 1.95 bits per heavy atom. The van der Waals surface area contributed by atoms with Gasteiger partial charge < -0.3 is 20.1 Å². The second-order valence-corrected chi connectivity index (χ2v) is 5.25. The van der Waals surface area contributed by atoms with E-state index in [9.17, 15) is 0 Å². The predicted molar refractivity (Wildman–Crippen MR) is 86.2 cm³/mol. The number of aryl methyl sites for hydroxylation is 1. The summed E-state index contributed by atoms with van der Waals surface area (Å²) in [5.41, 5.74) is 8.77. The first-order valence-corrected chi connectivity index (χ1v) is 7.29. The first-order chi connectivity index (χ1) is 10.7. The van der Waals surface area contributed by atoms with Gasteiger partial charge in [-0.25, -0.2) is 4.98 Å². The van der Waals surface area contributed by atoms with Gasteiger partial charge in [-0.05, 0) is 30.7 Å². The molecule has 6 heteroatoms. The third-order valence-electron chi connectivity index (χ3n) is 3.76. The lowest BCUT2D eigenvalue weighted by Crippen LogP contribution is -2.36. The highest BCUT2D eigenvalue weighted by atomic mass is 16.5. The monoisotopic (exact) mass is 300 g/mol. The van der Waals surface area contributed by atoms with Gasteiger partial charge >= 0.3 is 0 Å². The molecule has 2 aromatic rings. The molecule has 1 aromatic carbocycles. The summed E-state index contributed by atoms with van der Waals surface area (Å²) in [7, 11) is 1.67. The molecular weight excluding hydrogens is 280 g/mol. The number of rotatable bonds is 3. The Kier molecular flexibility index (Phi) is 4.11. The van der Waals surface area contributed by atoms with Gasteiger partial charge in [0.05, 0.1) is 26.0 Å². The van der Waals surface area contributed by atoms with Crippen molar-refractivity contribution in [1.82, 2.24) is 9.97 Å². The first-order valence-electron chi connectivity index (χ1n) is 7.29. The molecule has 0 unspecified atom stereocenters. The van der Waals surface area contributed by atoms with Crippen molar-refractivity contribution < 1.29 is 9.47 Å². The number of nitrogens with two attached hydrogens (primary N) is 1. The molecule has 2 N–H and O–H groups in total. The molecule has 22 heavy (non-hydrogen) atoms. The molecule has 0 saturated carbocycles. The molecule has 116 valence electrons. The van der Waals surface area contributed by atoms with Gasteiger partial charge in [0.2, 0.25) is 5.95 Å². The largest absolute Gasteiger partial charge is 0.496 e. The topological polar surface area (TPSA) is 73.5 Å². The molecule has 3 rings (SSSR count). The van der Waals surface area contributed by atoms with Gasteiger partial charge in [-0.15, -0.1) is 0 Å². The number of nitrogens with zero attached hydrogens (tertiary/aromatic N) is 3. The molecule has 1 aromatic heterocycles. The lowest BCUT2D eigenvalue weighted by Gasteiger charge is -2.28. The number of nitrogen functional groups attached to an aromatic ring is 1. The molecular formula is C16H20N4O2. The van der Waals surface area contributed by atoms with E-state index in [-0.39, 0.29) is 5.95 Å². The van der Waals surface area contributed by atoms with Crippen LogP contribution in [-0.4, -0.2) is 43.4 Å². The smallest absolute Gasteiger partial charge is 0.222 e. The summed E-state index contributed by atoms with van der Waals surface area (Å²) in [6.07, 6.45) is 0. The molecule has 0 radical (unpaired) electrons. The van der Waals surface area contributed by atoms with Crippen LogP contribution in [0.2, 0.25) is 0 Å². The lowest BCUT2D eigenvalue weighted by molar-refractivity contribution is 0.122. The van der Waals surface area contributed by atoms with Crippen molar-refractivity contribution in [1.29, 1.82) is 0 Å². The quantitative estimate of drug-likeness (QED) is 0.933. The van der Waals surface area contributed by atoms with Gasteiger partial charge in [0.1, 0.15) is 11.6 Å². The highest BCUT2D eigenvalue weighted by molar-refractivity contribution is 5.66. The maximum absolute atomic E-state index is 5.89. The molecule has 0 spiro atoms. The summed E-state index contributed by atoms with van der Waals surface area (Å²) in [6, 6.07) is 7.95. The van der Waals surface area contributed by atoms with Crippen molar-refractivity contribution in [2.24, 2.45) is 0 Å². The normalized spacial score (nSPS) is 14.9. The molecule has 0 amide bonds. The standard InChI is InChI=1S/C16H20N4O2/c1-11-9-12(3-4-14(11)21-2)13-10-15(19-16(17)18-13)20-5-7-22-8-6-20/h3-4,9-10H,5-8H2,1-2H3,(H2,17,18,19). The summed E-state index contributed by atoms with van der Waals surface area (Å²) in [5.74, 6) is 1.99. The van der Waals surface area contributed by atoms with Crippen molar-refractivity contribution in [3.05, 3.63) is 29.8 Å². The van der Waals surface area contributed by atoms with Crippen LogP contribution in [0.4, 0.5) is 11.8 Å². The Morgan fingerprint density at radius 3 is 2.64 bits per heavy atom. The molecule has 6 nitrogen and oxygen atoms in total. The summed E-state index contributed by atoms with van der Waals surface area (Å²) >= 11 is 0. The fourth-order valence-corrected chi connectivity index (χ4v) is 2.59. The van der Waals surface area contributed by atoms with E-state index in [2.05, 4.69) is 14.9 Å². The van der Waals surface area contributed by atoms with Gasteiger partial charge in [0.25, 0.3) is 0 Å². The molecule has 1 saturated heterocycles. The fourth-order valence-electron chi connectivity index (χ4n) is 2.59. The number of aromatic nitrogens is 2. The summed E-state index contributed by atoms with van der Waals surface area (Å²) < 4.78 is 10.7. The van der Waals surface area contributed by atoms with Gasteiger partial charge in [-0.3, -0.25) is 0 Å². The van der Waals surface area contributed by atoms with E-state index in [0.717, 1.165) is 41.5 Å². The number of hydrogen-bond donors (Lipinski definition) is 1. The predicted octanol–water partition coefficient (Wildman–Crippen LogP) is 1.88. The van der Waals surface area contributed by atoms with Crippen molar-refractivity contribution in [3.63, 3.8) is 0 Å². The average molecular weight is 300 g/mol. The van der Waals surface area contributed by atoms with E-state index in [1.54, 1.807) is 7.11 Å². The van der Waals surface area contributed by atoms with Crippen molar-refractivity contribution in [2.45, 2.75) is 6.92 Å². The lowest BCUT2D eigenvalue weighted by atomic mass is 10.1. The van der Waals surface area contributed by atoms with Crippen LogP contribution in [-0.2, 0) is 4.74 Å². The second kappa shape index (κ2) is 6.19. The minimum atomic E-state index is 0.285. The minimum absolute atomic E-state index is 0.285. The highest BCUT2D eigenvalue weighted by Crippen LogP contribution is 2.27. The Morgan fingerprint density at radius 1 is 1.18 bits per heavy atom. The van der Waals surface area contributed by atoms with E-state index in [1.807, 2.05) is 31.2 Å². The number of benzene rings is 1. The summed E-state index contributed by atoms with van der Waals surface area (Å²) in [5, 5.41) is 0. The first kappa shape index (κ1) is 14.6. The van der Waals surface area contributed by atoms with Gasteiger partial charge in [-0.2, -0.15) is 4.98 Å². The molecule has 1 aliphatic heterocycles. The number of ether oxygens (including phenoxy) is 2. The fraction of sp³-hybridized carbons (Fsp3) is 0.375. The van der Waals surface area contributed by atoms with Crippen LogP contribution in [0.25, 0.3) is 11.3 Å². The maximum Gasteiger partial charge on any atom is 0.222 e. The van der Waals surface area contributed by atoms with Crippen LogP contribution in [0, 0.1) is 6.92 Å². The zero-order valence-corrected chi connectivity index (χ0v) is 12.9. The van der Waals surface area contributed by atoms with E-state index in [1.165, 1.54) is 0 Å². The summed E-state index contributed by atoms with van der Waals surface area (Å²) in [4.78, 5) is 10.9. The zero-order chi connectivity index (χ0) is 15.5. The highest BCUT2D eigenvalue weighted by Gasteiger charge is 2.15. The summed E-state index contributed by atoms with van der Waals surface area (Å²) in [6.45, 7) is 5.06. The number of methoxy groups -OCH3 is 1. The molecule has 0 aliphatic carbocycles. The van der Waals surface area contributed by atoms with Crippen molar-refractivity contribution in [2.75, 3.05) is 44.0 Å². The van der Waals surface area contributed by atoms with Crippen LogP contribution in [0.3, 0.4) is 0 Å². The number of morpholine rings is 1. The second-order valence-electron chi connectivity index (χ2n) is 5.25. The number of anilines is 2. The van der Waals surface area contributed by atoms with Crippen LogP contribution in [0.15, 0.2) is 24.3 Å². The van der Waals surface area contributed by atoms with E-state index >= 15 is 0 Å². The van der Waals surface area contributed by atoms with Crippen LogP contribution in [0.5, 0.6) is 5.75 Å². The maximum atomic E-state index is 5.89.